The lowest BCUT2D eigenvalue weighted by Crippen LogP contribution is -2.25. The number of phenols is 2. The summed E-state index contributed by atoms with van der Waals surface area (Å²) in [5, 5.41) is 37.9. The van der Waals surface area contributed by atoms with Gasteiger partial charge in [0.1, 0.15) is 28.9 Å². The fraction of sp³-hybridized carbons (Fsp3) is 0.364. The Labute approximate surface area is 246 Å². The lowest BCUT2D eigenvalue weighted by atomic mass is 9.81. The van der Waals surface area contributed by atoms with Gasteiger partial charge in [0.2, 0.25) is 11.6 Å². The zero-order chi connectivity index (χ0) is 30.2. The second-order valence-corrected chi connectivity index (χ2v) is 10.1. The van der Waals surface area contributed by atoms with Crippen molar-refractivity contribution >= 4 is 28.6 Å². The van der Waals surface area contributed by atoms with Crippen LogP contribution in [0.5, 0.6) is 23.0 Å². The van der Waals surface area contributed by atoms with Crippen molar-refractivity contribution in [3.8, 4) is 29.1 Å². The molecule has 1 aliphatic rings. The minimum atomic E-state index is -0.670. The molecule has 0 atom stereocenters. The van der Waals surface area contributed by atoms with Crippen LogP contribution in [0.15, 0.2) is 36.4 Å². The Morgan fingerprint density at radius 2 is 1.26 bits per heavy atom. The van der Waals surface area contributed by atoms with Crippen molar-refractivity contribution in [1.82, 2.24) is 0 Å². The average molecular weight is 572 g/mol. The zero-order valence-electron chi connectivity index (χ0n) is 24.3. The van der Waals surface area contributed by atoms with E-state index in [2.05, 4.69) is 23.6 Å². The SMILES string of the molecule is CCCCNc1c(Nc2ccccc2C#N)c(OCCCC)c2c(c1OCCCC)C(=O)c1c(O)ccc(O)c1C2=O. The smallest absolute Gasteiger partial charge is 0.202 e. The van der Waals surface area contributed by atoms with Crippen LogP contribution >= 0.6 is 0 Å². The Bertz CT molecular complexity index is 1530. The lowest BCUT2D eigenvalue weighted by Gasteiger charge is -2.29. The van der Waals surface area contributed by atoms with Crippen LogP contribution in [0.3, 0.4) is 0 Å². The summed E-state index contributed by atoms with van der Waals surface area (Å²) in [4.78, 5) is 28.4. The summed E-state index contributed by atoms with van der Waals surface area (Å²) in [6.07, 6.45) is 4.76. The second-order valence-electron chi connectivity index (χ2n) is 10.1. The summed E-state index contributed by atoms with van der Waals surface area (Å²) in [5.41, 5.74) is 0.959. The van der Waals surface area contributed by atoms with E-state index >= 15 is 0 Å². The first-order chi connectivity index (χ1) is 20.4. The maximum Gasteiger partial charge on any atom is 0.202 e. The van der Waals surface area contributed by atoms with Crippen molar-refractivity contribution < 1.29 is 29.3 Å². The molecule has 0 saturated heterocycles. The first kappa shape index (κ1) is 30.3. The van der Waals surface area contributed by atoms with Crippen LogP contribution in [0.25, 0.3) is 0 Å². The Morgan fingerprint density at radius 3 is 1.79 bits per heavy atom. The van der Waals surface area contributed by atoms with Gasteiger partial charge in [-0.2, -0.15) is 5.26 Å². The summed E-state index contributed by atoms with van der Waals surface area (Å²) in [6, 6.07) is 11.5. The number of hydrogen-bond acceptors (Lipinski definition) is 9. The number of nitriles is 1. The zero-order valence-corrected chi connectivity index (χ0v) is 24.3. The number of nitrogens with zero attached hydrogens (tertiary/aromatic N) is 1. The van der Waals surface area contributed by atoms with Gasteiger partial charge in [-0.1, -0.05) is 52.2 Å². The van der Waals surface area contributed by atoms with Crippen LogP contribution in [0, 0.1) is 11.3 Å². The molecule has 9 heteroatoms. The number of fused-ring (bicyclic) bond motifs is 2. The van der Waals surface area contributed by atoms with E-state index in [1.165, 1.54) is 12.1 Å². The number of phenolic OH excluding ortho intramolecular Hbond substituents is 2. The highest BCUT2D eigenvalue weighted by Gasteiger charge is 2.42. The highest BCUT2D eigenvalue weighted by Crippen LogP contribution is 2.52. The van der Waals surface area contributed by atoms with Gasteiger partial charge in [-0.15, -0.1) is 0 Å². The molecule has 42 heavy (non-hydrogen) atoms. The van der Waals surface area contributed by atoms with Crippen LogP contribution in [-0.4, -0.2) is 41.5 Å². The fourth-order valence-electron chi connectivity index (χ4n) is 4.86. The molecular formula is C33H37N3O6. The molecule has 4 N–H and O–H groups in total. The van der Waals surface area contributed by atoms with Crippen molar-refractivity contribution in [2.45, 2.75) is 59.3 Å². The summed E-state index contributed by atoms with van der Waals surface area (Å²) >= 11 is 0. The largest absolute Gasteiger partial charge is 0.507 e. The lowest BCUT2D eigenvalue weighted by molar-refractivity contribution is 0.0967. The number of hydrogen-bond donors (Lipinski definition) is 4. The molecule has 4 rings (SSSR count). The third kappa shape index (κ3) is 5.84. The van der Waals surface area contributed by atoms with Crippen molar-refractivity contribution in [3.63, 3.8) is 0 Å². The van der Waals surface area contributed by atoms with E-state index < -0.39 is 23.1 Å². The van der Waals surface area contributed by atoms with Crippen LogP contribution in [0.4, 0.5) is 17.1 Å². The predicted molar refractivity (Wildman–Crippen MR) is 162 cm³/mol. The van der Waals surface area contributed by atoms with E-state index in [1.807, 2.05) is 13.8 Å². The quantitative estimate of drug-likeness (QED) is 0.0924. The molecule has 0 aromatic heterocycles. The summed E-state index contributed by atoms with van der Waals surface area (Å²) in [7, 11) is 0. The van der Waals surface area contributed by atoms with E-state index in [-0.39, 0.29) is 47.0 Å². The standard InChI is InChI=1S/C33H37N3O6/c1-4-7-16-35-28-29(36-21-13-11-10-12-20(21)19-34)33(42-18-9-6-3)27-26(32(28)41-17-8-5-2)30(39)24-22(37)14-15-23(38)25(24)31(27)40/h10-15,35-38H,4-9,16-18H2,1-3H3. The van der Waals surface area contributed by atoms with E-state index in [4.69, 9.17) is 9.47 Å². The van der Waals surface area contributed by atoms with Gasteiger partial charge in [0, 0.05) is 6.54 Å². The molecule has 0 saturated carbocycles. The fourth-order valence-corrected chi connectivity index (χ4v) is 4.86. The number of carbonyl (C=O) groups excluding carboxylic acids is 2. The molecule has 3 aromatic carbocycles. The minimum absolute atomic E-state index is 0.0332. The van der Waals surface area contributed by atoms with E-state index in [0.717, 1.165) is 25.7 Å². The van der Waals surface area contributed by atoms with Gasteiger partial charge in [0.05, 0.1) is 46.7 Å². The first-order valence-electron chi connectivity index (χ1n) is 14.5. The Kier molecular flexibility index (Phi) is 9.92. The van der Waals surface area contributed by atoms with Crippen LogP contribution in [0.2, 0.25) is 0 Å². The van der Waals surface area contributed by atoms with Crippen LogP contribution < -0.4 is 20.1 Å². The number of ether oxygens (including phenoxy) is 2. The van der Waals surface area contributed by atoms with E-state index in [0.29, 0.717) is 42.0 Å². The molecule has 3 aromatic rings. The highest BCUT2D eigenvalue weighted by atomic mass is 16.5. The number of anilines is 3. The minimum Gasteiger partial charge on any atom is -0.507 e. The van der Waals surface area contributed by atoms with E-state index in [9.17, 15) is 25.1 Å². The van der Waals surface area contributed by atoms with Gasteiger partial charge in [0.15, 0.2) is 11.5 Å². The molecule has 0 radical (unpaired) electrons. The number of para-hydroxylation sites is 1. The predicted octanol–water partition coefficient (Wildman–Crippen LogP) is 7.06. The Morgan fingerprint density at radius 1 is 0.738 bits per heavy atom. The summed E-state index contributed by atoms with van der Waals surface area (Å²) < 4.78 is 12.6. The summed E-state index contributed by atoms with van der Waals surface area (Å²) in [6.45, 7) is 7.14. The number of benzene rings is 3. The Hall–Kier alpha value is -4.71. The van der Waals surface area contributed by atoms with Crippen molar-refractivity contribution in [2.24, 2.45) is 0 Å². The van der Waals surface area contributed by atoms with E-state index in [1.54, 1.807) is 24.3 Å². The monoisotopic (exact) mass is 571 g/mol. The average Bonchev–Trinajstić information content (AvgIpc) is 2.99. The molecule has 0 fully saturated rings. The van der Waals surface area contributed by atoms with Gasteiger partial charge < -0.3 is 30.3 Å². The number of aromatic hydroxyl groups is 2. The number of rotatable bonds is 14. The third-order valence-electron chi connectivity index (χ3n) is 7.11. The number of nitrogens with one attached hydrogen (secondary N) is 2. The van der Waals surface area contributed by atoms with Crippen molar-refractivity contribution in [3.05, 3.63) is 64.2 Å². The summed E-state index contributed by atoms with van der Waals surface area (Å²) in [5.74, 6) is -1.89. The molecule has 0 heterocycles. The molecular weight excluding hydrogens is 534 g/mol. The van der Waals surface area contributed by atoms with Crippen LogP contribution in [-0.2, 0) is 0 Å². The molecule has 0 bridgehead atoms. The molecule has 1 aliphatic carbocycles. The second kappa shape index (κ2) is 13.8. The van der Waals surface area contributed by atoms with Crippen molar-refractivity contribution in [2.75, 3.05) is 30.4 Å². The van der Waals surface area contributed by atoms with Gasteiger partial charge in [-0.3, -0.25) is 9.59 Å². The van der Waals surface area contributed by atoms with Crippen molar-refractivity contribution in [1.29, 1.82) is 5.26 Å². The molecule has 0 spiro atoms. The normalized spacial score (nSPS) is 11.9. The third-order valence-corrected chi connectivity index (χ3v) is 7.11. The van der Waals surface area contributed by atoms with Gasteiger partial charge in [-0.25, -0.2) is 0 Å². The number of ketones is 2. The molecule has 0 unspecified atom stereocenters. The highest BCUT2D eigenvalue weighted by molar-refractivity contribution is 6.33. The topological polar surface area (TPSA) is 141 Å². The number of carbonyl (C=O) groups is 2. The van der Waals surface area contributed by atoms with Gasteiger partial charge in [-0.05, 0) is 43.5 Å². The van der Waals surface area contributed by atoms with Gasteiger partial charge in [0.25, 0.3) is 0 Å². The first-order valence-corrected chi connectivity index (χ1v) is 14.5. The van der Waals surface area contributed by atoms with Crippen LogP contribution in [0.1, 0.15) is 96.7 Å². The Balaban J connectivity index is 2.09. The maximum absolute atomic E-state index is 14.2. The molecule has 0 amide bonds. The molecule has 9 nitrogen and oxygen atoms in total. The molecule has 220 valence electrons. The maximum atomic E-state index is 14.2. The van der Waals surface area contributed by atoms with Gasteiger partial charge >= 0.3 is 0 Å². The number of unbranched alkanes of at least 4 members (excludes halogenated alkanes) is 3. The molecule has 0 aliphatic heterocycles.